The van der Waals surface area contributed by atoms with Crippen molar-refractivity contribution in [1.82, 2.24) is 15.3 Å². The lowest BCUT2D eigenvalue weighted by Gasteiger charge is -2.08. The number of carbonyl (C=O) groups excluding carboxylic acids is 1. The summed E-state index contributed by atoms with van der Waals surface area (Å²) in [5.74, 6) is 0. The second-order valence-corrected chi connectivity index (χ2v) is 4.28. The van der Waals surface area contributed by atoms with E-state index in [0.717, 1.165) is 11.4 Å². The molecule has 0 aliphatic heterocycles. The average Bonchev–Trinajstić information content (AvgIpc) is 2.39. The summed E-state index contributed by atoms with van der Waals surface area (Å²) in [7, 11) is 0. The zero-order chi connectivity index (χ0) is 13.7. The number of carbonyl (C=O) groups is 1. The minimum absolute atomic E-state index is 0.256. The first kappa shape index (κ1) is 13.3. The Morgan fingerprint density at radius 1 is 1.32 bits per heavy atom. The van der Waals surface area contributed by atoms with Crippen LogP contribution in [0.2, 0.25) is 5.15 Å². The number of halogens is 1. The van der Waals surface area contributed by atoms with Gasteiger partial charge in [-0.3, -0.25) is 4.98 Å². The molecule has 5 nitrogen and oxygen atoms in total. The molecule has 0 bridgehead atoms. The third kappa shape index (κ3) is 3.93. The van der Waals surface area contributed by atoms with Crippen molar-refractivity contribution in [3.63, 3.8) is 0 Å². The normalized spacial score (nSPS) is 10.0. The largest absolute Gasteiger partial charge is 0.332 e. The Hall–Kier alpha value is -2.14. The summed E-state index contributed by atoms with van der Waals surface area (Å²) in [5, 5.41) is 5.58. The molecule has 0 aliphatic carbocycles. The number of hydrogen-bond donors (Lipinski definition) is 2. The summed E-state index contributed by atoms with van der Waals surface area (Å²) in [4.78, 5) is 19.8. The second-order valence-electron chi connectivity index (χ2n) is 3.92. The van der Waals surface area contributed by atoms with Gasteiger partial charge in [0, 0.05) is 11.9 Å². The van der Waals surface area contributed by atoms with Gasteiger partial charge in [-0.1, -0.05) is 17.7 Å². The van der Waals surface area contributed by atoms with Crippen molar-refractivity contribution in [1.29, 1.82) is 0 Å². The molecule has 0 atom stereocenters. The van der Waals surface area contributed by atoms with E-state index in [2.05, 4.69) is 20.6 Å². The predicted molar refractivity (Wildman–Crippen MR) is 74.1 cm³/mol. The molecule has 6 heteroatoms. The standard InChI is InChI=1S/C13H13ClN4O/c1-9-4-2-5-10(17-9)8-16-13(19)18-11-6-3-7-15-12(11)14/h2-7H,8H2,1H3,(H2,16,18,19). The molecule has 2 heterocycles. The van der Waals surface area contributed by atoms with Crippen LogP contribution in [0.4, 0.5) is 10.5 Å². The van der Waals surface area contributed by atoms with E-state index in [1.807, 2.05) is 25.1 Å². The van der Waals surface area contributed by atoms with E-state index in [0.29, 0.717) is 12.2 Å². The SMILES string of the molecule is Cc1cccc(CNC(=O)Nc2cccnc2Cl)n1. The highest BCUT2D eigenvalue weighted by molar-refractivity contribution is 6.32. The van der Waals surface area contributed by atoms with Gasteiger partial charge in [0.05, 0.1) is 17.9 Å². The third-order valence-corrected chi connectivity index (χ3v) is 2.68. The van der Waals surface area contributed by atoms with Crippen LogP contribution in [0.3, 0.4) is 0 Å². The molecular formula is C13H13ClN4O. The van der Waals surface area contributed by atoms with Crippen LogP contribution < -0.4 is 10.6 Å². The lowest BCUT2D eigenvalue weighted by molar-refractivity contribution is 0.251. The fraction of sp³-hybridized carbons (Fsp3) is 0.154. The van der Waals surface area contributed by atoms with Crippen molar-refractivity contribution in [3.05, 3.63) is 53.1 Å². The molecule has 0 saturated heterocycles. The van der Waals surface area contributed by atoms with Crippen molar-refractivity contribution >= 4 is 23.3 Å². The van der Waals surface area contributed by atoms with E-state index < -0.39 is 0 Å². The summed E-state index contributed by atoms with van der Waals surface area (Å²) in [6, 6.07) is 8.68. The molecule has 0 aromatic carbocycles. The van der Waals surface area contributed by atoms with Gasteiger partial charge in [0.15, 0.2) is 5.15 Å². The molecule has 2 aromatic rings. The molecule has 0 fully saturated rings. The average molecular weight is 277 g/mol. The molecule has 0 spiro atoms. The number of nitrogens with one attached hydrogen (secondary N) is 2. The van der Waals surface area contributed by atoms with E-state index in [-0.39, 0.29) is 11.2 Å². The number of anilines is 1. The molecule has 98 valence electrons. The van der Waals surface area contributed by atoms with Gasteiger partial charge >= 0.3 is 6.03 Å². The lowest BCUT2D eigenvalue weighted by Crippen LogP contribution is -2.28. The molecule has 0 aliphatic rings. The predicted octanol–water partition coefficient (Wildman–Crippen LogP) is 2.76. The van der Waals surface area contributed by atoms with Crippen molar-refractivity contribution in [2.75, 3.05) is 5.32 Å². The Balaban J connectivity index is 1.90. The molecule has 0 saturated carbocycles. The maximum absolute atomic E-state index is 11.7. The molecule has 19 heavy (non-hydrogen) atoms. The first-order chi connectivity index (χ1) is 9.15. The van der Waals surface area contributed by atoms with Crippen LogP contribution >= 0.6 is 11.6 Å². The molecule has 2 aromatic heterocycles. The maximum Gasteiger partial charge on any atom is 0.319 e. The minimum Gasteiger partial charge on any atom is -0.332 e. The van der Waals surface area contributed by atoms with Crippen LogP contribution in [0.15, 0.2) is 36.5 Å². The summed E-state index contributed by atoms with van der Waals surface area (Å²) in [5.41, 5.74) is 2.18. The number of aromatic nitrogens is 2. The fourth-order valence-corrected chi connectivity index (χ4v) is 1.68. The van der Waals surface area contributed by atoms with Crippen LogP contribution in [-0.2, 0) is 6.54 Å². The van der Waals surface area contributed by atoms with Gasteiger partial charge in [-0.25, -0.2) is 9.78 Å². The van der Waals surface area contributed by atoms with Crippen molar-refractivity contribution in [3.8, 4) is 0 Å². The summed E-state index contributed by atoms with van der Waals surface area (Å²) in [6.07, 6.45) is 1.56. The highest BCUT2D eigenvalue weighted by Crippen LogP contribution is 2.16. The van der Waals surface area contributed by atoms with Crippen molar-refractivity contribution in [2.45, 2.75) is 13.5 Å². The number of rotatable bonds is 3. The number of amides is 2. The summed E-state index contributed by atoms with van der Waals surface area (Å²) < 4.78 is 0. The summed E-state index contributed by atoms with van der Waals surface area (Å²) >= 11 is 5.84. The number of hydrogen-bond acceptors (Lipinski definition) is 3. The van der Waals surface area contributed by atoms with Crippen LogP contribution in [0.25, 0.3) is 0 Å². The van der Waals surface area contributed by atoms with Gasteiger partial charge in [-0.15, -0.1) is 0 Å². The Kier molecular flexibility index (Phi) is 4.30. The number of aryl methyl sites for hydroxylation is 1. The van der Waals surface area contributed by atoms with E-state index >= 15 is 0 Å². The molecule has 2 rings (SSSR count). The molecular weight excluding hydrogens is 264 g/mol. The van der Waals surface area contributed by atoms with Crippen LogP contribution in [0.1, 0.15) is 11.4 Å². The quantitative estimate of drug-likeness (QED) is 0.847. The monoisotopic (exact) mass is 276 g/mol. The van der Waals surface area contributed by atoms with Crippen LogP contribution in [0.5, 0.6) is 0 Å². The minimum atomic E-state index is -0.349. The van der Waals surface area contributed by atoms with E-state index in [1.54, 1.807) is 18.3 Å². The van der Waals surface area contributed by atoms with E-state index in [4.69, 9.17) is 11.6 Å². The maximum atomic E-state index is 11.7. The van der Waals surface area contributed by atoms with Gasteiger partial charge < -0.3 is 10.6 Å². The van der Waals surface area contributed by atoms with Crippen LogP contribution in [-0.4, -0.2) is 16.0 Å². The fourth-order valence-electron chi connectivity index (χ4n) is 1.51. The first-order valence-electron chi connectivity index (χ1n) is 5.73. The van der Waals surface area contributed by atoms with Gasteiger partial charge in [-0.2, -0.15) is 0 Å². The van der Waals surface area contributed by atoms with Crippen LogP contribution in [0, 0.1) is 6.92 Å². The Morgan fingerprint density at radius 2 is 2.16 bits per heavy atom. The first-order valence-corrected chi connectivity index (χ1v) is 6.11. The Morgan fingerprint density at radius 3 is 2.89 bits per heavy atom. The lowest BCUT2D eigenvalue weighted by atomic mass is 10.3. The van der Waals surface area contributed by atoms with Gasteiger partial charge in [-0.05, 0) is 31.2 Å². The summed E-state index contributed by atoms with van der Waals surface area (Å²) in [6.45, 7) is 2.25. The van der Waals surface area contributed by atoms with E-state index in [1.165, 1.54) is 0 Å². The highest BCUT2D eigenvalue weighted by Gasteiger charge is 2.05. The zero-order valence-electron chi connectivity index (χ0n) is 10.4. The molecule has 2 N–H and O–H groups in total. The van der Waals surface area contributed by atoms with Crippen molar-refractivity contribution in [2.24, 2.45) is 0 Å². The topological polar surface area (TPSA) is 66.9 Å². The second kappa shape index (κ2) is 6.15. The zero-order valence-corrected chi connectivity index (χ0v) is 11.1. The van der Waals surface area contributed by atoms with Gasteiger partial charge in [0.25, 0.3) is 0 Å². The molecule has 0 radical (unpaired) electrons. The highest BCUT2D eigenvalue weighted by atomic mass is 35.5. The Labute approximate surface area is 116 Å². The van der Waals surface area contributed by atoms with Gasteiger partial charge in [0.2, 0.25) is 0 Å². The molecule has 0 unspecified atom stereocenters. The smallest absolute Gasteiger partial charge is 0.319 e. The third-order valence-electron chi connectivity index (χ3n) is 2.38. The number of nitrogens with zero attached hydrogens (tertiary/aromatic N) is 2. The van der Waals surface area contributed by atoms with E-state index in [9.17, 15) is 4.79 Å². The van der Waals surface area contributed by atoms with Crippen molar-refractivity contribution < 1.29 is 4.79 Å². The number of urea groups is 1. The Bertz CT molecular complexity index is 588. The molecule has 2 amide bonds. The number of pyridine rings is 2. The van der Waals surface area contributed by atoms with Gasteiger partial charge in [0.1, 0.15) is 0 Å².